The van der Waals surface area contributed by atoms with Gasteiger partial charge >= 0.3 is 0 Å². The molecule has 1 aliphatic rings. The van der Waals surface area contributed by atoms with E-state index in [0.29, 0.717) is 6.42 Å². The lowest BCUT2D eigenvalue weighted by atomic mass is 9.82. The summed E-state index contributed by atoms with van der Waals surface area (Å²) in [5.74, 6) is 1.78. The molecule has 0 unspecified atom stereocenters. The normalized spacial score (nSPS) is 20.1. The van der Waals surface area contributed by atoms with Gasteiger partial charge in [-0.15, -0.1) is 0 Å². The van der Waals surface area contributed by atoms with E-state index in [1.54, 1.807) is 14.2 Å². The Morgan fingerprint density at radius 2 is 1.92 bits per heavy atom. The third-order valence-electron chi connectivity index (χ3n) is 4.65. The highest BCUT2D eigenvalue weighted by Gasteiger charge is 2.39. The van der Waals surface area contributed by atoms with Crippen molar-refractivity contribution in [3.8, 4) is 11.5 Å². The molecular weight excluding hydrogens is 324 g/mol. The smallest absolute Gasteiger partial charge is 0.188 e. The Hall–Kier alpha value is -1.34. The molecule has 2 rings (SSSR count). The lowest BCUT2D eigenvalue weighted by molar-refractivity contribution is -0.158. The second-order valence-electron chi connectivity index (χ2n) is 6.91. The van der Waals surface area contributed by atoms with E-state index >= 15 is 0 Å². The van der Waals surface area contributed by atoms with Crippen LogP contribution in [0.4, 0.5) is 0 Å². The van der Waals surface area contributed by atoms with E-state index in [4.69, 9.17) is 23.7 Å². The molecule has 1 heterocycles. The SMILES string of the molecule is COCOc1cc2c(cc1C)O[C@H](C(C)(C)OCOC)C[C@H]2CCO. The summed E-state index contributed by atoms with van der Waals surface area (Å²) in [5, 5.41) is 9.50. The van der Waals surface area contributed by atoms with Crippen molar-refractivity contribution in [1.82, 2.24) is 0 Å². The number of ether oxygens (including phenoxy) is 5. The molecule has 25 heavy (non-hydrogen) atoms. The van der Waals surface area contributed by atoms with Crippen LogP contribution in [0.2, 0.25) is 0 Å². The van der Waals surface area contributed by atoms with E-state index in [-0.39, 0.29) is 32.2 Å². The number of hydrogen-bond donors (Lipinski definition) is 1. The molecule has 1 N–H and O–H groups in total. The van der Waals surface area contributed by atoms with E-state index in [2.05, 4.69) is 0 Å². The van der Waals surface area contributed by atoms with Crippen LogP contribution < -0.4 is 9.47 Å². The van der Waals surface area contributed by atoms with Crippen molar-refractivity contribution in [2.75, 3.05) is 34.4 Å². The minimum atomic E-state index is -0.499. The van der Waals surface area contributed by atoms with Gasteiger partial charge in [-0.05, 0) is 57.2 Å². The molecule has 6 heteroatoms. The van der Waals surface area contributed by atoms with Gasteiger partial charge in [-0.1, -0.05) is 0 Å². The molecule has 1 aromatic carbocycles. The summed E-state index contributed by atoms with van der Waals surface area (Å²) < 4.78 is 27.8. The van der Waals surface area contributed by atoms with Gasteiger partial charge in [-0.2, -0.15) is 0 Å². The van der Waals surface area contributed by atoms with E-state index in [1.165, 1.54) is 0 Å². The van der Waals surface area contributed by atoms with Crippen LogP contribution in [0.15, 0.2) is 12.1 Å². The van der Waals surface area contributed by atoms with Crippen LogP contribution in [0.5, 0.6) is 11.5 Å². The van der Waals surface area contributed by atoms with Gasteiger partial charge < -0.3 is 28.8 Å². The molecule has 0 aliphatic carbocycles. The molecule has 0 radical (unpaired) electrons. The number of aliphatic hydroxyl groups excluding tert-OH is 1. The maximum Gasteiger partial charge on any atom is 0.188 e. The van der Waals surface area contributed by atoms with Crippen molar-refractivity contribution in [3.63, 3.8) is 0 Å². The summed E-state index contributed by atoms with van der Waals surface area (Å²) in [6.45, 7) is 6.52. The van der Waals surface area contributed by atoms with E-state index in [9.17, 15) is 5.11 Å². The highest BCUT2D eigenvalue weighted by molar-refractivity contribution is 5.49. The van der Waals surface area contributed by atoms with Crippen molar-refractivity contribution in [2.45, 2.75) is 51.2 Å². The van der Waals surface area contributed by atoms with E-state index in [1.807, 2.05) is 32.9 Å². The fourth-order valence-corrected chi connectivity index (χ4v) is 3.12. The minimum Gasteiger partial charge on any atom is -0.487 e. The van der Waals surface area contributed by atoms with Gasteiger partial charge in [0.1, 0.15) is 30.0 Å². The van der Waals surface area contributed by atoms with Gasteiger partial charge in [-0.25, -0.2) is 0 Å². The van der Waals surface area contributed by atoms with Gasteiger partial charge in [0, 0.05) is 26.4 Å². The number of aliphatic hydroxyl groups is 1. The third-order valence-corrected chi connectivity index (χ3v) is 4.65. The monoisotopic (exact) mass is 354 g/mol. The zero-order valence-corrected chi connectivity index (χ0v) is 15.8. The predicted molar refractivity (Wildman–Crippen MR) is 94.2 cm³/mol. The number of methoxy groups -OCH3 is 2. The molecule has 0 saturated heterocycles. The Kier molecular flexibility index (Phi) is 7.07. The van der Waals surface area contributed by atoms with Crippen LogP contribution >= 0.6 is 0 Å². The maximum absolute atomic E-state index is 9.50. The summed E-state index contributed by atoms with van der Waals surface area (Å²) in [5.41, 5.74) is 1.54. The standard InChI is InChI=1S/C19H30O6/c1-13-8-17-15(10-16(13)23-11-21-4)14(6-7-20)9-18(25-17)19(2,3)24-12-22-5/h8,10,14,18,20H,6-7,9,11-12H2,1-5H3/t14-,18+/m1/s1. The highest BCUT2D eigenvalue weighted by Crippen LogP contribution is 2.44. The van der Waals surface area contributed by atoms with Crippen LogP contribution in [0.1, 0.15) is 43.7 Å². The Balaban J connectivity index is 2.29. The van der Waals surface area contributed by atoms with Crippen LogP contribution in [-0.2, 0) is 14.2 Å². The van der Waals surface area contributed by atoms with E-state index in [0.717, 1.165) is 29.0 Å². The summed E-state index contributed by atoms with van der Waals surface area (Å²) in [7, 11) is 3.20. The van der Waals surface area contributed by atoms with E-state index < -0.39 is 5.60 Å². The van der Waals surface area contributed by atoms with Gasteiger partial charge in [0.25, 0.3) is 0 Å². The van der Waals surface area contributed by atoms with Gasteiger partial charge in [0.15, 0.2) is 6.79 Å². The lowest BCUT2D eigenvalue weighted by Crippen LogP contribution is -2.46. The van der Waals surface area contributed by atoms with Crippen molar-refractivity contribution in [1.29, 1.82) is 0 Å². The predicted octanol–water partition coefficient (Wildman–Crippen LogP) is 2.99. The van der Waals surface area contributed by atoms with Crippen LogP contribution in [0.25, 0.3) is 0 Å². The van der Waals surface area contributed by atoms with Crippen LogP contribution in [0.3, 0.4) is 0 Å². The molecule has 0 saturated carbocycles. The summed E-state index contributed by atoms with van der Waals surface area (Å²) in [6.07, 6.45) is 1.30. The van der Waals surface area contributed by atoms with Crippen LogP contribution in [0, 0.1) is 6.92 Å². The third kappa shape index (κ3) is 4.85. The summed E-state index contributed by atoms with van der Waals surface area (Å²) >= 11 is 0. The first-order chi connectivity index (χ1) is 11.9. The zero-order valence-electron chi connectivity index (χ0n) is 15.8. The first-order valence-electron chi connectivity index (χ1n) is 8.59. The molecule has 0 aromatic heterocycles. The molecule has 6 nitrogen and oxygen atoms in total. The van der Waals surface area contributed by atoms with Gasteiger partial charge in [0.05, 0.1) is 0 Å². The minimum absolute atomic E-state index is 0.123. The summed E-state index contributed by atoms with van der Waals surface area (Å²) in [6, 6.07) is 3.99. The van der Waals surface area contributed by atoms with Crippen LogP contribution in [-0.4, -0.2) is 51.2 Å². The number of fused-ring (bicyclic) bond motifs is 1. The van der Waals surface area contributed by atoms with Gasteiger partial charge in [-0.3, -0.25) is 0 Å². The topological polar surface area (TPSA) is 66.4 Å². The number of aryl methyl sites for hydroxylation is 1. The molecule has 1 aliphatic heterocycles. The number of benzene rings is 1. The molecule has 142 valence electrons. The molecule has 0 fully saturated rings. The van der Waals surface area contributed by atoms with Crippen molar-refractivity contribution >= 4 is 0 Å². The van der Waals surface area contributed by atoms with Crippen molar-refractivity contribution in [3.05, 3.63) is 23.3 Å². The maximum atomic E-state index is 9.50. The fourth-order valence-electron chi connectivity index (χ4n) is 3.12. The molecule has 0 spiro atoms. The van der Waals surface area contributed by atoms with Gasteiger partial charge in [0.2, 0.25) is 0 Å². The molecule has 0 bridgehead atoms. The summed E-state index contributed by atoms with van der Waals surface area (Å²) in [4.78, 5) is 0. The first-order valence-corrected chi connectivity index (χ1v) is 8.59. The largest absolute Gasteiger partial charge is 0.487 e. The number of hydrogen-bond acceptors (Lipinski definition) is 6. The lowest BCUT2D eigenvalue weighted by Gasteiger charge is -2.40. The quantitative estimate of drug-likeness (QED) is 0.688. The Labute approximate surface area is 150 Å². The Morgan fingerprint density at radius 1 is 1.20 bits per heavy atom. The first kappa shape index (κ1) is 20.0. The molecule has 2 atom stereocenters. The second kappa shape index (κ2) is 8.85. The Bertz CT molecular complexity index is 557. The average molecular weight is 354 g/mol. The Morgan fingerprint density at radius 3 is 2.56 bits per heavy atom. The number of rotatable bonds is 9. The zero-order chi connectivity index (χ0) is 18.4. The average Bonchev–Trinajstić information content (AvgIpc) is 2.58. The second-order valence-corrected chi connectivity index (χ2v) is 6.91. The van der Waals surface area contributed by atoms with Crippen molar-refractivity contribution < 1.29 is 28.8 Å². The fraction of sp³-hybridized carbons (Fsp3) is 0.684. The van der Waals surface area contributed by atoms with Crippen molar-refractivity contribution in [2.24, 2.45) is 0 Å². The molecule has 0 amide bonds. The molecule has 1 aromatic rings. The molecular formula is C19H30O6. The highest BCUT2D eigenvalue weighted by atomic mass is 16.7.